The van der Waals surface area contributed by atoms with Crippen LogP contribution in [0.3, 0.4) is 0 Å². The molecule has 1 rings (SSSR count). The van der Waals surface area contributed by atoms with Crippen LogP contribution < -0.4 is 10.9 Å². The Kier molecular flexibility index (Phi) is 6.63. The Morgan fingerprint density at radius 2 is 1.95 bits per heavy atom. The molecule has 112 valence electrons. The van der Waals surface area contributed by atoms with Crippen molar-refractivity contribution in [1.29, 1.82) is 0 Å². The van der Waals surface area contributed by atoms with E-state index in [0.29, 0.717) is 6.04 Å². The van der Waals surface area contributed by atoms with Gasteiger partial charge >= 0.3 is 6.09 Å². The number of amides is 1. The van der Waals surface area contributed by atoms with Gasteiger partial charge in [-0.15, -0.1) is 0 Å². The van der Waals surface area contributed by atoms with Gasteiger partial charge in [0, 0.05) is 6.04 Å². The molecule has 0 aromatic rings. The van der Waals surface area contributed by atoms with E-state index in [1.165, 1.54) is 32.1 Å². The highest BCUT2D eigenvalue weighted by atomic mass is 16.6. The van der Waals surface area contributed by atoms with E-state index in [0.717, 1.165) is 18.8 Å². The largest absolute Gasteiger partial charge is 0.443 e. The maximum Gasteiger partial charge on any atom is 0.422 e. The lowest BCUT2D eigenvalue weighted by Gasteiger charge is -2.22. The number of hydrogen-bond acceptors (Lipinski definition) is 3. The van der Waals surface area contributed by atoms with Crippen molar-refractivity contribution in [2.45, 2.75) is 84.3 Å². The summed E-state index contributed by atoms with van der Waals surface area (Å²) in [4.78, 5) is 11.6. The maximum absolute atomic E-state index is 11.6. The lowest BCUT2D eigenvalue weighted by molar-refractivity contribution is 0.0485. The second kappa shape index (κ2) is 7.73. The Labute approximate surface area is 117 Å². The zero-order valence-corrected chi connectivity index (χ0v) is 12.9. The van der Waals surface area contributed by atoms with Crippen LogP contribution in [0.1, 0.15) is 72.6 Å². The van der Waals surface area contributed by atoms with Gasteiger partial charge in [-0.3, -0.25) is 5.43 Å². The van der Waals surface area contributed by atoms with E-state index in [1.54, 1.807) is 0 Å². The molecule has 2 atom stereocenters. The summed E-state index contributed by atoms with van der Waals surface area (Å²) >= 11 is 0. The van der Waals surface area contributed by atoms with E-state index in [2.05, 4.69) is 17.8 Å². The number of hydrazine groups is 1. The third-order valence-electron chi connectivity index (χ3n) is 3.56. The third kappa shape index (κ3) is 7.41. The minimum atomic E-state index is -0.443. The highest BCUT2D eigenvalue weighted by Gasteiger charge is 2.20. The van der Waals surface area contributed by atoms with E-state index >= 15 is 0 Å². The van der Waals surface area contributed by atoms with Crippen LogP contribution in [0.15, 0.2) is 0 Å². The van der Waals surface area contributed by atoms with Gasteiger partial charge < -0.3 is 4.74 Å². The van der Waals surface area contributed by atoms with Gasteiger partial charge in [0.25, 0.3) is 0 Å². The molecule has 0 aliphatic heterocycles. The van der Waals surface area contributed by atoms with Gasteiger partial charge in [0.1, 0.15) is 5.60 Å². The summed E-state index contributed by atoms with van der Waals surface area (Å²) in [6.45, 7) is 7.86. The average Bonchev–Trinajstić information content (AvgIpc) is 2.50. The molecule has 0 spiro atoms. The molecule has 1 amide bonds. The van der Waals surface area contributed by atoms with E-state index in [4.69, 9.17) is 4.74 Å². The molecule has 1 aliphatic rings. The molecule has 0 saturated heterocycles. The normalized spacial score (nSPS) is 24.6. The highest BCUT2D eigenvalue weighted by Crippen LogP contribution is 2.26. The van der Waals surface area contributed by atoms with Gasteiger partial charge in [-0.2, -0.15) is 0 Å². The summed E-state index contributed by atoms with van der Waals surface area (Å²) in [5.74, 6) is 0.873. The molecule has 0 aromatic heterocycles. The van der Waals surface area contributed by atoms with Gasteiger partial charge in [0.2, 0.25) is 0 Å². The van der Waals surface area contributed by atoms with Gasteiger partial charge in [-0.1, -0.05) is 32.6 Å². The van der Waals surface area contributed by atoms with E-state index in [9.17, 15) is 4.79 Å². The molecule has 4 heteroatoms. The topological polar surface area (TPSA) is 50.4 Å². The number of hydrogen-bond donors (Lipinski definition) is 2. The molecule has 0 radical (unpaired) electrons. The van der Waals surface area contributed by atoms with Crippen molar-refractivity contribution in [2.24, 2.45) is 5.92 Å². The van der Waals surface area contributed by atoms with Crippen LogP contribution in [0.25, 0.3) is 0 Å². The van der Waals surface area contributed by atoms with E-state index in [1.807, 2.05) is 20.8 Å². The Morgan fingerprint density at radius 1 is 1.21 bits per heavy atom. The number of ether oxygens (including phenoxy) is 1. The molecule has 0 aromatic carbocycles. The molecule has 0 heterocycles. The number of carbonyl (C=O) groups excluding carboxylic acids is 1. The van der Waals surface area contributed by atoms with Crippen molar-refractivity contribution in [3.8, 4) is 0 Å². The van der Waals surface area contributed by atoms with Crippen molar-refractivity contribution in [2.75, 3.05) is 0 Å². The highest BCUT2D eigenvalue weighted by molar-refractivity contribution is 5.67. The van der Waals surface area contributed by atoms with Crippen molar-refractivity contribution >= 4 is 6.09 Å². The summed E-state index contributed by atoms with van der Waals surface area (Å²) in [6.07, 6.45) is 8.35. The predicted octanol–water partition coefficient (Wildman–Crippen LogP) is 3.76. The predicted molar refractivity (Wildman–Crippen MR) is 77.8 cm³/mol. The first-order valence-corrected chi connectivity index (χ1v) is 7.65. The fourth-order valence-corrected chi connectivity index (χ4v) is 2.68. The Hall–Kier alpha value is -0.770. The zero-order valence-electron chi connectivity index (χ0n) is 12.9. The van der Waals surface area contributed by atoms with Crippen molar-refractivity contribution in [3.63, 3.8) is 0 Å². The van der Waals surface area contributed by atoms with Crippen LogP contribution in [0.2, 0.25) is 0 Å². The second-order valence-corrected chi connectivity index (χ2v) is 6.63. The Morgan fingerprint density at radius 3 is 2.58 bits per heavy atom. The summed E-state index contributed by atoms with van der Waals surface area (Å²) in [5.41, 5.74) is 5.35. The molecule has 2 N–H and O–H groups in total. The van der Waals surface area contributed by atoms with Gasteiger partial charge in [0.15, 0.2) is 0 Å². The first kappa shape index (κ1) is 16.3. The standard InChI is InChI=1S/C15H30N2O2/c1-5-7-12-8-6-9-13(11-10-12)16-17-14(18)19-15(2,3)4/h12-13,16H,5-11H2,1-4H3,(H,17,18). The SMILES string of the molecule is CCCC1CCCC(NNC(=O)OC(C)(C)C)CC1. The zero-order chi connectivity index (χ0) is 14.3. The molecule has 1 saturated carbocycles. The second-order valence-electron chi connectivity index (χ2n) is 6.63. The lowest BCUT2D eigenvalue weighted by Crippen LogP contribution is -2.46. The molecular weight excluding hydrogens is 240 g/mol. The lowest BCUT2D eigenvalue weighted by atomic mass is 9.95. The summed E-state index contributed by atoms with van der Waals surface area (Å²) in [5, 5.41) is 0. The van der Waals surface area contributed by atoms with E-state index in [-0.39, 0.29) is 6.09 Å². The third-order valence-corrected chi connectivity index (χ3v) is 3.56. The molecular formula is C15H30N2O2. The summed E-state index contributed by atoms with van der Waals surface area (Å²) in [6, 6.07) is 0.384. The van der Waals surface area contributed by atoms with Crippen LogP contribution in [0.4, 0.5) is 4.79 Å². The fourth-order valence-electron chi connectivity index (χ4n) is 2.68. The van der Waals surface area contributed by atoms with Crippen LogP contribution in [-0.4, -0.2) is 17.7 Å². The van der Waals surface area contributed by atoms with Gasteiger partial charge in [0.05, 0.1) is 0 Å². The quantitative estimate of drug-likeness (QED) is 0.604. The van der Waals surface area contributed by atoms with Gasteiger partial charge in [-0.25, -0.2) is 10.2 Å². The summed E-state index contributed by atoms with van der Waals surface area (Å²) < 4.78 is 5.21. The van der Waals surface area contributed by atoms with Crippen LogP contribution >= 0.6 is 0 Å². The smallest absolute Gasteiger partial charge is 0.422 e. The van der Waals surface area contributed by atoms with Crippen LogP contribution in [0, 0.1) is 5.92 Å². The maximum atomic E-state index is 11.6. The minimum Gasteiger partial charge on any atom is -0.443 e. The Balaban J connectivity index is 2.24. The average molecular weight is 270 g/mol. The minimum absolute atomic E-state index is 0.384. The number of rotatable bonds is 4. The number of nitrogens with one attached hydrogen (secondary N) is 2. The van der Waals surface area contributed by atoms with Crippen molar-refractivity contribution in [1.82, 2.24) is 10.9 Å². The Bertz CT molecular complexity index is 274. The fraction of sp³-hybridized carbons (Fsp3) is 0.933. The molecule has 19 heavy (non-hydrogen) atoms. The molecule has 2 unspecified atom stereocenters. The van der Waals surface area contributed by atoms with Crippen molar-refractivity contribution in [3.05, 3.63) is 0 Å². The molecule has 1 aliphatic carbocycles. The molecule has 0 bridgehead atoms. The van der Waals surface area contributed by atoms with Crippen LogP contribution in [-0.2, 0) is 4.74 Å². The molecule has 1 fully saturated rings. The summed E-state index contributed by atoms with van der Waals surface area (Å²) in [7, 11) is 0. The van der Waals surface area contributed by atoms with Gasteiger partial charge in [-0.05, 0) is 46.0 Å². The van der Waals surface area contributed by atoms with Crippen LogP contribution in [0.5, 0.6) is 0 Å². The van der Waals surface area contributed by atoms with E-state index < -0.39 is 5.60 Å². The molecule has 4 nitrogen and oxygen atoms in total. The monoisotopic (exact) mass is 270 g/mol. The van der Waals surface area contributed by atoms with Crippen molar-refractivity contribution < 1.29 is 9.53 Å². The first-order chi connectivity index (χ1) is 8.90. The first-order valence-electron chi connectivity index (χ1n) is 7.65. The number of carbonyl (C=O) groups is 1.